The van der Waals surface area contributed by atoms with E-state index in [1.54, 1.807) is 7.11 Å². The average molecular weight is 232 g/mol. The lowest BCUT2D eigenvalue weighted by atomic mass is 10.1. The quantitative estimate of drug-likeness (QED) is 0.604. The zero-order valence-electron chi connectivity index (χ0n) is 10.4. The van der Waals surface area contributed by atoms with E-state index in [0.29, 0.717) is 0 Å². The Morgan fingerprint density at radius 2 is 2.29 bits per heavy atom. The molecule has 0 saturated heterocycles. The molecule has 1 fully saturated rings. The molecule has 1 saturated carbocycles. The topological polar surface area (TPSA) is 38.5 Å². The second-order valence-corrected chi connectivity index (χ2v) is 4.52. The van der Waals surface area contributed by atoms with Crippen LogP contribution in [0.3, 0.4) is 0 Å². The highest BCUT2D eigenvalue weighted by Gasteiger charge is 2.28. The van der Waals surface area contributed by atoms with Gasteiger partial charge in [0, 0.05) is 36.4 Å². The van der Waals surface area contributed by atoms with Crippen LogP contribution in [0.25, 0.3) is 0 Å². The van der Waals surface area contributed by atoms with Crippen LogP contribution in [0, 0.1) is 0 Å². The van der Waals surface area contributed by atoms with Crippen LogP contribution in [0.1, 0.15) is 18.4 Å². The first-order valence-corrected chi connectivity index (χ1v) is 6.02. The smallest absolute Gasteiger partial charge is 0.125 e. The van der Waals surface area contributed by atoms with Crippen LogP contribution < -0.4 is 10.5 Å². The molecule has 0 atom stereocenters. The van der Waals surface area contributed by atoms with Gasteiger partial charge in [0.25, 0.3) is 0 Å². The molecule has 1 aromatic carbocycles. The first-order chi connectivity index (χ1) is 8.24. The van der Waals surface area contributed by atoms with Crippen molar-refractivity contribution in [2.24, 2.45) is 0 Å². The van der Waals surface area contributed by atoms with Crippen molar-refractivity contribution >= 4 is 5.69 Å². The van der Waals surface area contributed by atoms with E-state index in [0.717, 1.165) is 30.6 Å². The van der Waals surface area contributed by atoms with Crippen LogP contribution in [0.4, 0.5) is 5.69 Å². The number of hydrogen-bond acceptors (Lipinski definition) is 3. The number of rotatable bonds is 6. The summed E-state index contributed by atoms with van der Waals surface area (Å²) >= 11 is 0. The van der Waals surface area contributed by atoms with Crippen LogP contribution in [0.2, 0.25) is 0 Å². The van der Waals surface area contributed by atoms with E-state index in [1.807, 2.05) is 24.3 Å². The number of methoxy groups -OCH3 is 1. The Morgan fingerprint density at radius 1 is 1.53 bits per heavy atom. The lowest BCUT2D eigenvalue weighted by molar-refractivity contribution is 0.278. The minimum atomic E-state index is 0.718. The van der Waals surface area contributed by atoms with Crippen molar-refractivity contribution in [3.05, 3.63) is 36.4 Å². The average Bonchev–Trinajstić information content (AvgIpc) is 3.14. The summed E-state index contributed by atoms with van der Waals surface area (Å²) in [7, 11) is 1.69. The Hall–Kier alpha value is -1.48. The first-order valence-electron chi connectivity index (χ1n) is 6.02. The fourth-order valence-electron chi connectivity index (χ4n) is 2.06. The normalized spacial score (nSPS) is 14.9. The van der Waals surface area contributed by atoms with E-state index in [1.165, 1.54) is 18.4 Å². The second-order valence-electron chi connectivity index (χ2n) is 4.52. The maximum Gasteiger partial charge on any atom is 0.125 e. The maximum atomic E-state index is 5.75. The van der Waals surface area contributed by atoms with Crippen molar-refractivity contribution in [2.75, 3.05) is 19.4 Å². The van der Waals surface area contributed by atoms with Crippen molar-refractivity contribution < 1.29 is 4.74 Å². The van der Waals surface area contributed by atoms with E-state index in [2.05, 4.69) is 11.5 Å². The summed E-state index contributed by atoms with van der Waals surface area (Å²) in [5.41, 5.74) is 7.69. The highest BCUT2D eigenvalue weighted by atomic mass is 16.5. The van der Waals surface area contributed by atoms with E-state index in [-0.39, 0.29) is 0 Å². The molecule has 0 aromatic heterocycles. The molecule has 17 heavy (non-hydrogen) atoms. The Bertz CT molecular complexity index is 399. The monoisotopic (exact) mass is 232 g/mol. The molecular formula is C14H20N2O. The van der Waals surface area contributed by atoms with Gasteiger partial charge in [-0.25, -0.2) is 0 Å². The zero-order chi connectivity index (χ0) is 12.3. The summed E-state index contributed by atoms with van der Waals surface area (Å²) < 4.78 is 5.37. The highest BCUT2D eigenvalue weighted by molar-refractivity contribution is 5.48. The van der Waals surface area contributed by atoms with Crippen LogP contribution in [-0.2, 0) is 6.54 Å². The largest absolute Gasteiger partial charge is 0.496 e. The van der Waals surface area contributed by atoms with Gasteiger partial charge < -0.3 is 10.5 Å². The number of benzene rings is 1. The molecule has 0 heterocycles. The Labute approximate surface area is 103 Å². The molecule has 1 aliphatic carbocycles. The van der Waals surface area contributed by atoms with E-state index >= 15 is 0 Å². The van der Waals surface area contributed by atoms with Gasteiger partial charge in [0.2, 0.25) is 0 Å². The molecule has 3 nitrogen and oxygen atoms in total. The summed E-state index contributed by atoms with van der Waals surface area (Å²) in [6.45, 7) is 5.65. The predicted molar refractivity (Wildman–Crippen MR) is 71.0 cm³/mol. The molecule has 1 aliphatic rings. The Balaban J connectivity index is 2.12. The van der Waals surface area contributed by atoms with Crippen LogP contribution in [-0.4, -0.2) is 24.6 Å². The molecule has 0 aliphatic heterocycles. The molecule has 2 N–H and O–H groups in total. The fraction of sp³-hybridized carbons (Fsp3) is 0.429. The third-order valence-electron chi connectivity index (χ3n) is 3.11. The summed E-state index contributed by atoms with van der Waals surface area (Å²) in [5.74, 6) is 0.875. The third kappa shape index (κ3) is 3.01. The highest BCUT2D eigenvalue weighted by Crippen LogP contribution is 2.30. The molecule has 92 valence electrons. The number of anilines is 1. The first kappa shape index (κ1) is 12.0. The van der Waals surface area contributed by atoms with Gasteiger partial charge in [-0.15, -0.1) is 6.58 Å². The van der Waals surface area contributed by atoms with Crippen LogP contribution >= 0.6 is 0 Å². The lowest BCUT2D eigenvalue weighted by Gasteiger charge is -2.21. The Kier molecular flexibility index (Phi) is 3.69. The standard InChI is InChI=1S/C14H20N2O/c1-3-8-16(13-6-7-13)10-11-4-5-12(15)9-14(11)17-2/h3-5,9,13H,1,6-8,10,15H2,2H3. The van der Waals surface area contributed by atoms with E-state index in [4.69, 9.17) is 10.5 Å². The van der Waals surface area contributed by atoms with Gasteiger partial charge in [0.1, 0.15) is 5.75 Å². The van der Waals surface area contributed by atoms with Crippen molar-refractivity contribution in [3.63, 3.8) is 0 Å². The van der Waals surface area contributed by atoms with Crippen LogP contribution in [0.15, 0.2) is 30.9 Å². The van der Waals surface area contributed by atoms with Gasteiger partial charge in [-0.2, -0.15) is 0 Å². The van der Waals surface area contributed by atoms with Crippen molar-refractivity contribution in [2.45, 2.75) is 25.4 Å². The molecule has 3 heteroatoms. The molecular weight excluding hydrogens is 212 g/mol. The minimum absolute atomic E-state index is 0.718. The minimum Gasteiger partial charge on any atom is -0.496 e. The predicted octanol–water partition coefficient (Wildman–Crippen LogP) is 2.43. The summed E-state index contributed by atoms with van der Waals surface area (Å²) in [5, 5.41) is 0. The number of hydrogen-bond donors (Lipinski definition) is 1. The number of ether oxygens (including phenoxy) is 1. The number of nitrogens with zero attached hydrogens (tertiary/aromatic N) is 1. The van der Waals surface area contributed by atoms with Gasteiger partial charge in [0.05, 0.1) is 7.11 Å². The van der Waals surface area contributed by atoms with E-state index < -0.39 is 0 Å². The molecule has 0 unspecified atom stereocenters. The SMILES string of the molecule is C=CCN(Cc1ccc(N)cc1OC)C1CC1. The summed E-state index contributed by atoms with van der Waals surface area (Å²) in [4.78, 5) is 2.43. The van der Waals surface area contributed by atoms with Crippen LogP contribution in [0.5, 0.6) is 5.75 Å². The molecule has 0 spiro atoms. The summed E-state index contributed by atoms with van der Waals surface area (Å²) in [6, 6.07) is 6.58. The Morgan fingerprint density at radius 3 is 2.88 bits per heavy atom. The van der Waals surface area contributed by atoms with Gasteiger partial charge in [0.15, 0.2) is 0 Å². The van der Waals surface area contributed by atoms with E-state index in [9.17, 15) is 0 Å². The van der Waals surface area contributed by atoms with Crippen molar-refractivity contribution in [3.8, 4) is 5.75 Å². The number of nitrogens with two attached hydrogens (primary N) is 1. The van der Waals surface area contributed by atoms with Gasteiger partial charge in [-0.05, 0) is 18.9 Å². The fourth-order valence-corrected chi connectivity index (χ4v) is 2.06. The van der Waals surface area contributed by atoms with Gasteiger partial charge >= 0.3 is 0 Å². The lowest BCUT2D eigenvalue weighted by Crippen LogP contribution is -2.25. The maximum absolute atomic E-state index is 5.75. The second kappa shape index (κ2) is 5.23. The van der Waals surface area contributed by atoms with Gasteiger partial charge in [-0.1, -0.05) is 12.1 Å². The summed E-state index contributed by atoms with van der Waals surface area (Å²) in [6.07, 6.45) is 4.55. The van der Waals surface area contributed by atoms with Crippen molar-refractivity contribution in [1.82, 2.24) is 4.90 Å². The van der Waals surface area contributed by atoms with Gasteiger partial charge in [-0.3, -0.25) is 4.90 Å². The number of nitrogen functional groups attached to an aromatic ring is 1. The third-order valence-corrected chi connectivity index (χ3v) is 3.11. The molecule has 2 rings (SSSR count). The molecule has 0 bridgehead atoms. The molecule has 1 aromatic rings. The molecule has 0 radical (unpaired) electrons. The zero-order valence-corrected chi connectivity index (χ0v) is 10.4. The van der Waals surface area contributed by atoms with Crippen molar-refractivity contribution in [1.29, 1.82) is 0 Å². The molecule has 0 amide bonds.